The molecule has 0 spiro atoms. The maximum Gasteiger partial charge on any atom is 0.236 e. The highest BCUT2D eigenvalue weighted by Gasteiger charge is 2.31. The molecule has 2 heterocycles. The summed E-state index contributed by atoms with van der Waals surface area (Å²) in [6, 6.07) is 0.433. The normalized spacial score (nSPS) is 27.4. The van der Waals surface area contributed by atoms with Crippen LogP contribution in [-0.4, -0.2) is 60.4 Å². The van der Waals surface area contributed by atoms with Gasteiger partial charge in [-0.2, -0.15) is 0 Å². The molecule has 1 unspecified atom stereocenters. The molecule has 5 nitrogen and oxygen atoms in total. The first-order chi connectivity index (χ1) is 10.2. The van der Waals surface area contributed by atoms with Crippen LogP contribution >= 0.6 is 0 Å². The van der Waals surface area contributed by atoms with Crippen molar-refractivity contribution in [2.45, 2.75) is 51.0 Å². The highest BCUT2D eigenvalue weighted by Crippen LogP contribution is 2.22. The van der Waals surface area contributed by atoms with Gasteiger partial charge >= 0.3 is 0 Å². The smallest absolute Gasteiger partial charge is 0.236 e. The molecular formula is C16H27N3O2. The van der Waals surface area contributed by atoms with Crippen LogP contribution in [0, 0.1) is 5.92 Å². The average molecular weight is 293 g/mol. The van der Waals surface area contributed by atoms with Crippen molar-refractivity contribution in [3.05, 3.63) is 0 Å². The second kappa shape index (κ2) is 6.77. The van der Waals surface area contributed by atoms with E-state index < -0.39 is 0 Å². The van der Waals surface area contributed by atoms with E-state index in [1.807, 2.05) is 4.90 Å². The molecule has 0 radical (unpaired) electrons. The Morgan fingerprint density at radius 3 is 2.43 bits per heavy atom. The van der Waals surface area contributed by atoms with Crippen LogP contribution in [0.3, 0.4) is 0 Å². The Labute approximate surface area is 127 Å². The number of nitrogens with zero attached hydrogens (tertiary/aromatic N) is 2. The third kappa shape index (κ3) is 4.19. The maximum absolute atomic E-state index is 12.3. The molecule has 2 amide bonds. The van der Waals surface area contributed by atoms with Gasteiger partial charge in [-0.25, -0.2) is 0 Å². The standard InChI is InChI=1S/C16H27N3O2/c20-15(19-9-2-1-3-10-19)12-18-8-4-5-13(11-18)16(21)17-14-6-7-14/h13-14H,1-12H2,(H,17,21). The topological polar surface area (TPSA) is 52.7 Å². The van der Waals surface area contributed by atoms with Crippen LogP contribution < -0.4 is 5.32 Å². The van der Waals surface area contributed by atoms with E-state index in [9.17, 15) is 9.59 Å². The number of carbonyl (C=O) groups excluding carboxylic acids is 2. The van der Waals surface area contributed by atoms with E-state index in [0.717, 1.165) is 64.7 Å². The van der Waals surface area contributed by atoms with E-state index in [1.165, 1.54) is 6.42 Å². The molecule has 1 atom stereocenters. The first-order valence-corrected chi connectivity index (χ1v) is 8.53. The van der Waals surface area contributed by atoms with Gasteiger partial charge in [0.2, 0.25) is 11.8 Å². The minimum atomic E-state index is 0.0773. The highest BCUT2D eigenvalue weighted by atomic mass is 16.2. The lowest BCUT2D eigenvalue weighted by molar-refractivity contribution is -0.135. The van der Waals surface area contributed by atoms with Gasteiger partial charge in [0, 0.05) is 25.7 Å². The maximum atomic E-state index is 12.3. The van der Waals surface area contributed by atoms with E-state index >= 15 is 0 Å². The number of rotatable bonds is 4. The molecule has 3 fully saturated rings. The molecule has 0 bridgehead atoms. The molecule has 0 aromatic rings. The van der Waals surface area contributed by atoms with Gasteiger partial charge < -0.3 is 10.2 Å². The van der Waals surface area contributed by atoms with Crippen LogP contribution in [0.1, 0.15) is 44.9 Å². The zero-order valence-corrected chi connectivity index (χ0v) is 12.9. The van der Waals surface area contributed by atoms with Crippen molar-refractivity contribution in [3.63, 3.8) is 0 Å². The minimum Gasteiger partial charge on any atom is -0.353 e. The number of hydrogen-bond donors (Lipinski definition) is 1. The fourth-order valence-corrected chi connectivity index (χ4v) is 3.39. The fourth-order valence-electron chi connectivity index (χ4n) is 3.39. The van der Waals surface area contributed by atoms with Crippen molar-refractivity contribution >= 4 is 11.8 Å². The summed E-state index contributed by atoms with van der Waals surface area (Å²) in [5.41, 5.74) is 0. The Hall–Kier alpha value is -1.10. The number of hydrogen-bond acceptors (Lipinski definition) is 3. The Morgan fingerprint density at radius 1 is 0.952 bits per heavy atom. The average Bonchev–Trinajstić information content (AvgIpc) is 3.32. The van der Waals surface area contributed by atoms with Crippen molar-refractivity contribution in [3.8, 4) is 0 Å². The first kappa shape index (κ1) is 14.8. The van der Waals surface area contributed by atoms with Gasteiger partial charge in [0.1, 0.15) is 0 Å². The predicted octanol–water partition coefficient (Wildman–Crippen LogP) is 0.989. The third-order valence-electron chi connectivity index (χ3n) is 4.87. The molecule has 3 aliphatic rings. The fraction of sp³-hybridized carbons (Fsp3) is 0.875. The molecule has 2 aliphatic heterocycles. The second-order valence-electron chi connectivity index (χ2n) is 6.80. The number of piperidine rings is 2. The molecule has 3 rings (SSSR count). The van der Waals surface area contributed by atoms with Gasteiger partial charge in [-0.05, 0) is 51.5 Å². The zero-order chi connectivity index (χ0) is 14.7. The third-order valence-corrected chi connectivity index (χ3v) is 4.87. The Balaban J connectivity index is 1.46. The number of carbonyl (C=O) groups is 2. The first-order valence-electron chi connectivity index (χ1n) is 8.53. The molecule has 1 N–H and O–H groups in total. The molecule has 5 heteroatoms. The van der Waals surface area contributed by atoms with Crippen molar-refractivity contribution < 1.29 is 9.59 Å². The zero-order valence-electron chi connectivity index (χ0n) is 12.9. The summed E-state index contributed by atoms with van der Waals surface area (Å²) in [6.07, 6.45) is 7.78. The van der Waals surface area contributed by atoms with Gasteiger partial charge in [0.05, 0.1) is 12.5 Å². The minimum absolute atomic E-state index is 0.0773. The Kier molecular flexibility index (Phi) is 4.78. The summed E-state index contributed by atoms with van der Waals surface area (Å²) in [4.78, 5) is 28.6. The van der Waals surface area contributed by atoms with Gasteiger partial charge in [0.15, 0.2) is 0 Å². The molecule has 0 aromatic carbocycles. The van der Waals surface area contributed by atoms with Gasteiger partial charge in [0.25, 0.3) is 0 Å². The highest BCUT2D eigenvalue weighted by molar-refractivity contribution is 5.80. The summed E-state index contributed by atoms with van der Waals surface area (Å²) >= 11 is 0. The van der Waals surface area contributed by atoms with Crippen molar-refractivity contribution in [1.82, 2.24) is 15.1 Å². The largest absolute Gasteiger partial charge is 0.353 e. The van der Waals surface area contributed by atoms with E-state index in [-0.39, 0.29) is 17.7 Å². The molecule has 1 aliphatic carbocycles. The SMILES string of the molecule is O=C(NC1CC1)C1CCCN(CC(=O)N2CCCCC2)C1. The quantitative estimate of drug-likeness (QED) is 0.841. The van der Waals surface area contributed by atoms with Gasteiger partial charge in [-0.1, -0.05) is 0 Å². The molecule has 2 saturated heterocycles. The van der Waals surface area contributed by atoms with Crippen LogP contribution in [-0.2, 0) is 9.59 Å². The molecule has 0 aromatic heterocycles. The molecule has 118 valence electrons. The lowest BCUT2D eigenvalue weighted by atomic mass is 9.97. The number of nitrogens with one attached hydrogen (secondary N) is 1. The summed E-state index contributed by atoms with van der Waals surface area (Å²) in [5, 5.41) is 3.10. The molecule has 1 saturated carbocycles. The lowest BCUT2D eigenvalue weighted by Crippen LogP contribution is -2.48. The van der Waals surface area contributed by atoms with Crippen molar-refractivity contribution in [2.24, 2.45) is 5.92 Å². The predicted molar refractivity (Wildman–Crippen MR) is 80.8 cm³/mol. The van der Waals surface area contributed by atoms with Crippen LogP contribution in [0.2, 0.25) is 0 Å². The monoisotopic (exact) mass is 293 g/mol. The van der Waals surface area contributed by atoms with Crippen LogP contribution in [0.15, 0.2) is 0 Å². The van der Waals surface area contributed by atoms with Gasteiger partial charge in [-0.3, -0.25) is 14.5 Å². The van der Waals surface area contributed by atoms with Crippen LogP contribution in [0.25, 0.3) is 0 Å². The van der Waals surface area contributed by atoms with Crippen LogP contribution in [0.4, 0.5) is 0 Å². The van der Waals surface area contributed by atoms with E-state index in [0.29, 0.717) is 12.6 Å². The summed E-state index contributed by atoms with van der Waals surface area (Å²) in [6.45, 7) is 4.02. The van der Waals surface area contributed by atoms with Crippen molar-refractivity contribution in [1.29, 1.82) is 0 Å². The van der Waals surface area contributed by atoms with Crippen LogP contribution in [0.5, 0.6) is 0 Å². The molecular weight excluding hydrogens is 266 g/mol. The summed E-state index contributed by atoms with van der Waals surface area (Å²) in [5.74, 6) is 0.527. The number of amides is 2. The Bertz CT molecular complexity index is 389. The summed E-state index contributed by atoms with van der Waals surface area (Å²) < 4.78 is 0. The van der Waals surface area contributed by atoms with E-state index in [1.54, 1.807) is 0 Å². The van der Waals surface area contributed by atoms with Crippen molar-refractivity contribution in [2.75, 3.05) is 32.7 Å². The second-order valence-corrected chi connectivity index (χ2v) is 6.80. The number of likely N-dealkylation sites (tertiary alicyclic amines) is 2. The summed E-state index contributed by atoms with van der Waals surface area (Å²) in [7, 11) is 0. The van der Waals surface area contributed by atoms with E-state index in [2.05, 4.69) is 10.2 Å². The van der Waals surface area contributed by atoms with Gasteiger partial charge in [-0.15, -0.1) is 0 Å². The van der Waals surface area contributed by atoms with E-state index in [4.69, 9.17) is 0 Å². The Morgan fingerprint density at radius 2 is 1.71 bits per heavy atom. The molecule has 21 heavy (non-hydrogen) atoms. The lowest BCUT2D eigenvalue weighted by Gasteiger charge is -2.34.